The van der Waals surface area contributed by atoms with Crippen molar-refractivity contribution in [2.45, 2.75) is 64.8 Å². The first-order valence-corrected chi connectivity index (χ1v) is 14.3. The van der Waals surface area contributed by atoms with E-state index in [0.717, 1.165) is 61.8 Å². The number of anilines is 3. The minimum atomic E-state index is -0.620. The van der Waals surface area contributed by atoms with Crippen LogP contribution in [0.1, 0.15) is 64.4 Å². The smallest absolute Gasteiger partial charge is 0.241 e. The Morgan fingerprint density at radius 1 is 0.973 bits per heavy atom. The fourth-order valence-electron chi connectivity index (χ4n) is 5.98. The lowest BCUT2D eigenvalue weighted by Gasteiger charge is -2.29. The molecule has 2 aromatic carbocycles. The van der Waals surface area contributed by atoms with E-state index in [-0.39, 0.29) is 5.91 Å². The van der Waals surface area contributed by atoms with Crippen molar-refractivity contribution < 1.29 is 9.53 Å². The molecule has 0 unspecified atom stereocenters. The molecule has 2 fully saturated rings. The van der Waals surface area contributed by atoms with Gasteiger partial charge < -0.3 is 15.4 Å². The zero-order chi connectivity index (χ0) is 25.8. The molecule has 5 rings (SSSR count). The van der Waals surface area contributed by atoms with Crippen LogP contribution in [0.4, 0.5) is 17.1 Å². The Balaban J connectivity index is 1.36. The number of benzene rings is 2. The number of allylic oxidation sites excluding steroid dienone is 1. The Morgan fingerprint density at radius 2 is 1.70 bits per heavy atom. The molecule has 1 saturated carbocycles. The fourth-order valence-corrected chi connectivity index (χ4v) is 6.15. The summed E-state index contributed by atoms with van der Waals surface area (Å²) in [6.07, 6.45) is 10.6. The summed E-state index contributed by atoms with van der Waals surface area (Å²) >= 11 is 6.51. The number of hydrogen-bond acceptors (Lipinski definition) is 4. The number of fused-ring (bicyclic) bond motifs is 1. The van der Waals surface area contributed by atoms with Crippen molar-refractivity contribution in [3.8, 4) is 0 Å². The van der Waals surface area contributed by atoms with Crippen LogP contribution < -0.4 is 15.5 Å². The minimum Gasteiger partial charge on any atom is -0.384 e. The molecular weight excluding hydrogens is 482 g/mol. The molecule has 0 spiro atoms. The number of nitrogens with one attached hydrogen (secondary N) is 2. The van der Waals surface area contributed by atoms with E-state index < -0.39 is 5.41 Å². The lowest BCUT2D eigenvalue weighted by atomic mass is 9.78. The van der Waals surface area contributed by atoms with Crippen molar-refractivity contribution in [2.75, 3.05) is 36.5 Å². The number of amides is 1. The summed E-state index contributed by atoms with van der Waals surface area (Å²) in [5, 5.41) is 7.76. The molecule has 3 aliphatic rings. The average molecular weight is 522 g/mol. The fraction of sp³-hybridized carbons (Fsp3) is 0.516. The van der Waals surface area contributed by atoms with Gasteiger partial charge in [-0.3, -0.25) is 9.69 Å². The molecule has 1 aliphatic carbocycles. The molecular formula is C31H40ClN3O2. The van der Waals surface area contributed by atoms with E-state index in [1.54, 1.807) is 0 Å². The summed E-state index contributed by atoms with van der Waals surface area (Å²) in [6.45, 7) is 7.54. The predicted octanol–water partition coefficient (Wildman–Crippen LogP) is 7.19. The molecule has 2 aliphatic heterocycles. The highest BCUT2D eigenvalue weighted by Crippen LogP contribution is 2.47. The SMILES string of the molecule is CC1(C)C=C(C2CCCCC2)c2ccc(Cl)cc2N(c2ccc(NCCNC3CCOCC3)cc2)C1=O. The van der Waals surface area contributed by atoms with E-state index in [4.69, 9.17) is 16.3 Å². The van der Waals surface area contributed by atoms with E-state index in [9.17, 15) is 4.79 Å². The summed E-state index contributed by atoms with van der Waals surface area (Å²) in [7, 11) is 0. The number of carbonyl (C=O) groups excluding carboxylic acids is 1. The van der Waals surface area contributed by atoms with Crippen LogP contribution in [0.3, 0.4) is 0 Å². The molecule has 2 heterocycles. The van der Waals surface area contributed by atoms with Gasteiger partial charge >= 0.3 is 0 Å². The second kappa shape index (κ2) is 11.6. The third-order valence-corrected chi connectivity index (χ3v) is 8.30. The van der Waals surface area contributed by atoms with Crippen LogP contribution in [0.5, 0.6) is 0 Å². The van der Waals surface area contributed by atoms with Crippen LogP contribution in [-0.4, -0.2) is 38.3 Å². The maximum absolute atomic E-state index is 14.0. The van der Waals surface area contributed by atoms with E-state index in [0.29, 0.717) is 17.0 Å². The van der Waals surface area contributed by atoms with Gasteiger partial charge in [-0.1, -0.05) is 43.0 Å². The molecule has 5 nitrogen and oxygen atoms in total. The second-order valence-corrected chi connectivity index (χ2v) is 11.7. The highest BCUT2D eigenvalue weighted by atomic mass is 35.5. The number of halogens is 1. The quantitative estimate of drug-likeness (QED) is 0.378. The average Bonchev–Trinajstić information content (AvgIpc) is 3.00. The minimum absolute atomic E-state index is 0.0724. The third-order valence-electron chi connectivity index (χ3n) is 8.06. The van der Waals surface area contributed by atoms with E-state index in [1.165, 1.54) is 37.7 Å². The Labute approximate surface area is 226 Å². The van der Waals surface area contributed by atoms with Gasteiger partial charge in [0.15, 0.2) is 0 Å². The predicted molar refractivity (Wildman–Crippen MR) is 154 cm³/mol. The number of nitrogens with zero attached hydrogens (tertiary/aromatic N) is 1. The third kappa shape index (κ3) is 6.05. The highest BCUT2D eigenvalue weighted by molar-refractivity contribution is 6.31. The molecule has 0 bridgehead atoms. The zero-order valence-electron chi connectivity index (χ0n) is 22.2. The lowest BCUT2D eigenvalue weighted by molar-refractivity contribution is -0.123. The normalized spacial score (nSPS) is 20.8. The van der Waals surface area contributed by atoms with Gasteiger partial charge in [0, 0.05) is 54.3 Å². The molecule has 1 saturated heterocycles. The van der Waals surface area contributed by atoms with Crippen LogP contribution in [-0.2, 0) is 9.53 Å². The van der Waals surface area contributed by atoms with Crippen LogP contribution in [0.2, 0.25) is 5.02 Å². The van der Waals surface area contributed by atoms with E-state index in [1.807, 2.05) is 43.0 Å². The van der Waals surface area contributed by atoms with Gasteiger partial charge in [-0.15, -0.1) is 0 Å². The Bertz CT molecular complexity index is 1120. The zero-order valence-corrected chi connectivity index (χ0v) is 22.9. The molecule has 198 valence electrons. The molecule has 1 amide bonds. The maximum Gasteiger partial charge on any atom is 0.241 e. The Hall–Kier alpha value is -2.34. The van der Waals surface area contributed by atoms with Crippen molar-refractivity contribution in [1.82, 2.24) is 5.32 Å². The van der Waals surface area contributed by atoms with Gasteiger partial charge in [0.25, 0.3) is 0 Å². The van der Waals surface area contributed by atoms with Gasteiger partial charge in [-0.05, 0) is 87.4 Å². The second-order valence-electron chi connectivity index (χ2n) is 11.3. The first kappa shape index (κ1) is 26.3. The van der Waals surface area contributed by atoms with Crippen molar-refractivity contribution in [3.05, 3.63) is 59.1 Å². The molecule has 2 N–H and O–H groups in total. The number of carbonyl (C=O) groups is 1. The van der Waals surface area contributed by atoms with E-state index in [2.05, 4.69) is 34.9 Å². The summed E-state index contributed by atoms with van der Waals surface area (Å²) in [4.78, 5) is 15.9. The van der Waals surface area contributed by atoms with Gasteiger partial charge in [0.1, 0.15) is 0 Å². The standard InChI is InChI=1S/C31H40ClN3O2/c1-31(2)21-28(22-6-4-3-5-7-22)27-13-8-23(32)20-29(27)35(30(31)36)26-11-9-24(10-12-26)33-16-17-34-25-14-18-37-19-15-25/h8-13,20-22,25,33-34H,3-7,14-19H2,1-2H3. The summed E-state index contributed by atoms with van der Waals surface area (Å²) in [5.74, 6) is 0.560. The van der Waals surface area contributed by atoms with E-state index >= 15 is 0 Å². The lowest BCUT2D eigenvalue weighted by Crippen LogP contribution is -2.37. The van der Waals surface area contributed by atoms with Crippen molar-refractivity contribution >= 4 is 40.1 Å². The van der Waals surface area contributed by atoms with Crippen molar-refractivity contribution in [3.63, 3.8) is 0 Å². The molecule has 2 aromatic rings. The summed E-state index contributed by atoms with van der Waals surface area (Å²) in [5.41, 5.74) is 4.63. The van der Waals surface area contributed by atoms with Crippen molar-refractivity contribution in [1.29, 1.82) is 0 Å². The molecule has 37 heavy (non-hydrogen) atoms. The molecule has 0 radical (unpaired) electrons. The van der Waals surface area contributed by atoms with Crippen LogP contribution in [0.25, 0.3) is 5.57 Å². The number of hydrogen-bond donors (Lipinski definition) is 2. The van der Waals surface area contributed by atoms with Gasteiger partial charge in [0.2, 0.25) is 5.91 Å². The Morgan fingerprint density at radius 3 is 2.43 bits per heavy atom. The van der Waals surface area contributed by atoms with Gasteiger partial charge in [-0.25, -0.2) is 0 Å². The Kier molecular flexibility index (Phi) is 8.23. The highest BCUT2D eigenvalue weighted by Gasteiger charge is 2.38. The first-order valence-electron chi connectivity index (χ1n) is 13.9. The summed E-state index contributed by atoms with van der Waals surface area (Å²) < 4.78 is 5.44. The number of ether oxygens (including phenoxy) is 1. The van der Waals surface area contributed by atoms with Crippen molar-refractivity contribution in [2.24, 2.45) is 11.3 Å². The monoisotopic (exact) mass is 521 g/mol. The van der Waals surface area contributed by atoms with Crippen LogP contribution in [0.15, 0.2) is 48.5 Å². The summed E-state index contributed by atoms with van der Waals surface area (Å²) in [6, 6.07) is 14.8. The largest absolute Gasteiger partial charge is 0.384 e. The first-order chi connectivity index (χ1) is 17.9. The topological polar surface area (TPSA) is 53.6 Å². The maximum atomic E-state index is 14.0. The number of rotatable bonds is 7. The van der Waals surface area contributed by atoms with Gasteiger partial charge in [-0.2, -0.15) is 0 Å². The van der Waals surface area contributed by atoms with Crippen LogP contribution in [0, 0.1) is 11.3 Å². The van der Waals surface area contributed by atoms with Crippen LogP contribution >= 0.6 is 11.6 Å². The van der Waals surface area contributed by atoms with Gasteiger partial charge in [0.05, 0.1) is 11.1 Å². The molecule has 0 atom stereocenters. The molecule has 0 aromatic heterocycles. The molecule has 6 heteroatoms.